The normalized spacial score (nSPS) is 22.3. The third kappa shape index (κ3) is 4.40. The van der Waals surface area contributed by atoms with Gasteiger partial charge in [0.15, 0.2) is 0 Å². The highest BCUT2D eigenvalue weighted by Crippen LogP contribution is 2.25. The number of nitrogens with one attached hydrogen (secondary N) is 1. The van der Waals surface area contributed by atoms with Crippen molar-refractivity contribution in [2.24, 2.45) is 0 Å². The van der Waals surface area contributed by atoms with Crippen LogP contribution in [0.4, 0.5) is 5.82 Å². The Labute approximate surface area is 128 Å². The molecular formula is C16H29N5. The van der Waals surface area contributed by atoms with E-state index in [1.165, 1.54) is 0 Å². The van der Waals surface area contributed by atoms with E-state index < -0.39 is 0 Å². The first-order valence-electron chi connectivity index (χ1n) is 7.94. The van der Waals surface area contributed by atoms with E-state index in [0.29, 0.717) is 11.9 Å². The predicted molar refractivity (Wildman–Crippen MR) is 88.2 cm³/mol. The first-order valence-corrected chi connectivity index (χ1v) is 7.94. The van der Waals surface area contributed by atoms with Crippen LogP contribution < -0.4 is 11.1 Å². The number of nitrogens with zero attached hydrogens (tertiary/aromatic N) is 3. The molecule has 0 bridgehead atoms. The number of nitrogen functional groups attached to an aromatic ring is 1. The molecular weight excluding hydrogens is 262 g/mol. The van der Waals surface area contributed by atoms with Gasteiger partial charge in [-0.3, -0.25) is 0 Å². The molecule has 2 rings (SSSR count). The molecule has 0 aliphatic carbocycles. The van der Waals surface area contributed by atoms with Gasteiger partial charge >= 0.3 is 0 Å². The van der Waals surface area contributed by atoms with Crippen LogP contribution in [0.2, 0.25) is 0 Å². The summed E-state index contributed by atoms with van der Waals surface area (Å²) in [6.45, 7) is 6.59. The lowest BCUT2D eigenvalue weighted by atomic mass is 9.97. The van der Waals surface area contributed by atoms with Crippen molar-refractivity contribution in [2.75, 3.05) is 46.0 Å². The van der Waals surface area contributed by atoms with Crippen molar-refractivity contribution in [3.63, 3.8) is 0 Å². The molecule has 0 amide bonds. The average Bonchev–Trinajstić information content (AvgIpc) is 2.48. The van der Waals surface area contributed by atoms with Gasteiger partial charge in [0.05, 0.1) is 0 Å². The number of piperazine rings is 1. The SMILES string of the molecule is CCCNC(CC1CN(C)CCN1C)c1cccnc1N. The number of anilines is 1. The third-order valence-corrected chi connectivity index (χ3v) is 4.38. The highest BCUT2D eigenvalue weighted by molar-refractivity contribution is 5.41. The number of pyridine rings is 1. The van der Waals surface area contributed by atoms with Crippen LogP contribution in [0.25, 0.3) is 0 Å². The van der Waals surface area contributed by atoms with Crippen LogP contribution >= 0.6 is 0 Å². The number of aromatic nitrogens is 1. The van der Waals surface area contributed by atoms with Crippen LogP contribution in [0.3, 0.4) is 0 Å². The van der Waals surface area contributed by atoms with Gasteiger partial charge in [-0.2, -0.15) is 0 Å². The highest BCUT2D eigenvalue weighted by Gasteiger charge is 2.26. The quantitative estimate of drug-likeness (QED) is 0.828. The fraction of sp³-hybridized carbons (Fsp3) is 0.688. The Bertz CT molecular complexity index is 436. The van der Waals surface area contributed by atoms with Gasteiger partial charge in [0, 0.05) is 43.5 Å². The average molecular weight is 291 g/mol. The molecule has 3 N–H and O–H groups in total. The monoisotopic (exact) mass is 291 g/mol. The van der Waals surface area contributed by atoms with Crippen LogP contribution in [0.15, 0.2) is 18.3 Å². The van der Waals surface area contributed by atoms with E-state index in [2.05, 4.69) is 47.2 Å². The van der Waals surface area contributed by atoms with E-state index in [1.807, 2.05) is 6.07 Å². The second-order valence-electron chi connectivity index (χ2n) is 6.12. The van der Waals surface area contributed by atoms with Crippen LogP contribution in [-0.2, 0) is 0 Å². The van der Waals surface area contributed by atoms with E-state index in [4.69, 9.17) is 5.73 Å². The first-order chi connectivity index (χ1) is 10.1. The van der Waals surface area contributed by atoms with Gasteiger partial charge in [-0.05, 0) is 39.5 Å². The van der Waals surface area contributed by atoms with Crippen molar-refractivity contribution in [1.29, 1.82) is 0 Å². The minimum atomic E-state index is 0.276. The Hall–Kier alpha value is -1.17. The molecule has 1 fully saturated rings. The Morgan fingerprint density at radius 2 is 2.24 bits per heavy atom. The molecule has 2 atom stereocenters. The Balaban J connectivity index is 2.10. The van der Waals surface area contributed by atoms with E-state index in [0.717, 1.165) is 44.6 Å². The summed E-state index contributed by atoms with van der Waals surface area (Å²) in [4.78, 5) is 9.13. The summed E-state index contributed by atoms with van der Waals surface area (Å²) in [5, 5.41) is 3.64. The van der Waals surface area contributed by atoms with Gasteiger partial charge in [0.2, 0.25) is 0 Å². The second kappa shape index (κ2) is 7.73. The molecule has 2 unspecified atom stereocenters. The second-order valence-corrected chi connectivity index (χ2v) is 6.12. The topological polar surface area (TPSA) is 57.4 Å². The number of likely N-dealkylation sites (N-methyl/N-ethyl adjacent to an activating group) is 2. The zero-order chi connectivity index (χ0) is 15.2. The summed E-state index contributed by atoms with van der Waals surface area (Å²) in [6, 6.07) is 4.90. The summed E-state index contributed by atoms with van der Waals surface area (Å²) in [5.74, 6) is 0.651. The molecule has 0 spiro atoms. The third-order valence-electron chi connectivity index (χ3n) is 4.38. The van der Waals surface area contributed by atoms with Gasteiger partial charge in [-0.15, -0.1) is 0 Å². The minimum absolute atomic E-state index is 0.276. The largest absolute Gasteiger partial charge is 0.383 e. The fourth-order valence-electron chi connectivity index (χ4n) is 2.99. The van der Waals surface area contributed by atoms with E-state index in [9.17, 15) is 0 Å². The molecule has 1 aliphatic heterocycles. The molecule has 0 saturated carbocycles. The Kier molecular flexibility index (Phi) is 5.96. The standard InChI is InChI=1S/C16H29N5/c1-4-7-18-15(14-6-5-8-19-16(14)17)11-13-12-20(2)9-10-21(13)3/h5-6,8,13,15,18H,4,7,9-12H2,1-3H3,(H2,17,19). The van der Waals surface area contributed by atoms with Gasteiger partial charge in [-0.1, -0.05) is 13.0 Å². The lowest BCUT2D eigenvalue weighted by Crippen LogP contribution is -2.51. The summed E-state index contributed by atoms with van der Waals surface area (Å²) >= 11 is 0. The lowest BCUT2D eigenvalue weighted by molar-refractivity contribution is 0.101. The maximum atomic E-state index is 6.09. The highest BCUT2D eigenvalue weighted by atomic mass is 15.3. The molecule has 118 valence electrons. The van der Waals surface area contributed by atoms with E-state index >= 15 is 0 Å². The Morgan fingerprint density at radius 3 is 2.95 bits per heavy atom. The molecule has 0 radical (unpaired) electrons. The number of nitrogens with two attached hydrogens (primary N) is 1. The van der Waals surface area contributed by atoms with Crippen LogP contribution in [-0.4, -0.2) is 61.1 Å². The molecule has 1 aliphatic rings. The van der Waals surface area contributed by atoms with Gasteiger partial charge < -0.3 is 20.9 Å². The first kappa shape index (κ1) is 16.2. The molecule has 0 aromatic carbocycles. The van der Waals surface area contributed by atoms with Crippen LogP contribution in [0.5, 0.6) is 0 Å². The zero-order valence-electron chi connectivity index (χ0n) is 13.5. The molecule has 5 heteroatoms. The lowest BCUT2D eigenvalue weighted by Gasteiger charge is -2.39. The molecule has 1 aromatic heterocycles. The van der Waals surface area contributed by atoms with Crippen molar-refractivity contribution in [2.45, 2.75) is 31.8 Å². The minimum Gasteiger partial charge on any atom is -0.383 e. The van der Waals surface area contributed by atoms with Crippen molar-refractivity contribution in [1.82, 2.24) is 20.1 Å². The molecule has 1 aromatic rings. The number of hydrogen-bond donors (Lipinski definition) is 2. The maximum Gasteiger partial charge on any atom is 0.128 e. The fourth-order valence-corrected chi connectivity index (χ4v) is 2.99. The van der Waals surface area contributed by atoms with Gasteiger partial charge in [0.25, 0.3) is 0 Å². The van der Waals surface area contributed by atoms with Crippen LogP contribution in [0.1, 0.15) is 31.4 Å². The summed E-state index contributed by atoms with van der Waals surface area (Å²) < 4.78 is 0. The smallest absolute Gasteiger partial charge is 0.128 e. The van der Waals surface area contributed by atoms with E-state index in [1.54, 1.807) is 6.20 Å². The Morgan fingerprint density at radius 1 is 1.43 bits per heavy atom. The van der Waals surface area contributed by atoms with Gasteiger partial charge in [-0.25, -0.2) is 4.98 Å². The van der Waals surface area contributed by atoms with Crippen LogP contribution in [0, 0.1) is 0 Å². The van der Waals surface area contributed by atoms with Crippen molar-refractivity contribution >= 4 is 5.82 Å². The summed E-state index contributed by atoms with van der Waals surface area (Å²) in [7, 11) is 4.42. The zero-order valence-corrected chi connectivity index (χ0v) is 13.5. The molecule has 1 saturated heterocycles. The number of hydrogen-bond acceptors (Lipinski definition) is 5. The van der Waals surface area contributed by atoms with Crippen molar-refractivity contribution in [3.8, 4) is 0 Å². The summed E-state index contributed by atoms with van der Waals surface area (Å²) in [6.07, 6.45) is 3.95. The molecule has 2 heterocycles. The summed E-state index contributed by atoms with van der Waals surface area (Å²) in [5.41, 5.74) is 7.22. The number of rotatable bonds is 6. The molecule has 21 heavy (non-hydrogen) atoms. The van der Waals surface area contributed by atoms with E-state index in [-0.39, 0.29) is 6.04 Å². The van der Waals surface area contributed by atoms with Crippen molar-refractivity contribution < 1.29 is 0 Å². The van der Waals surface area contributed by atoms with Gasteiger partial charge in [0.1, 0.15) is 5.82 Å². The maximum absolute atomic E-state index is 6.09. The molecule has 5 nitrogen and oxygen atoms in total. The predicted octanol–water partition coefficient (Wildman–Crippen LogP) is 1.34. The van der Waals surface area contributed by atoms with Crippen molar-refractivity contribution in [3.05, 3.63) is 23.9 Å².